The van der Waals surface area contributed by atoms with Crippen LogP contribution in [0.2, 0.25) is 0 Å². The van der Waals surface area contributed by atoms with Gasteiger partial charge in [-0.25, -0.2) is 14.5 Å². The number of piperidine rings is 1. The van der Waals surface area contributed by atoms with Gasteiger partial charge in [-0.1, -0.05) is 0 Å². The standard InChI is InChI=1S/C14H20N6O3/c1-18-8-5-15-12(18)10(21)9-3-6-20(7-4-9)14-16-11(13(22)23)17-19(14)2/h5,8-10,21H,3-4,6-7H2,1-2H3,(H,22,23). The molecule has 1 aliphatic rings. The molecule has 2 N–H and O–H groups in total. The number of carboxylic acid groups (broad SMARTS) is 1. The van der Waals surface area contributed by atoms with Crippen LogP contribution in [0.3, 0.4) is 0 Å². The Bertz CT molecular complexity index is 701. The van der Waals surface area contributed by atoms with E-state index in [1.54, 1.807) is 13.2 Å². The molecule has 3 heterocycles. The van der Waals surface area contributed by atoms with E-state index in [2.05, 4.69) is 15.1 Å². The maximum absolute atomic E-state index is 11.0. The SMILES string of the molecule is Cn1ccnc1C(O)C1CCN(c2nc(C(=O)O)nn2C)CC1. The van der Waals surface area contributed by atoms with Crippen LogP contribution in [0.25, 0.3) is 0 Å². The zero-order valence-corrected chi connectivity index (χ0v) is 13.1. The number of nitrogens with zero attached hydrogens (tertiary/aromatic N) is 6. The molecule has 0 radical (unpaired) electrons. The Morgan fingerprint density at radius 3 is 2.57 bits per heavy atom. The number of aliphatic hydroxyl groups is 1. The van der Waals surface area contributed by atoms with Crippen LogP contribution in [0, 0.1) is 5.92 Å². The summed E-state index contributed by atoms with van der Waals surface area (Å²) in [7, 11) is 3.55. The van der Waals surface area contributed by atoms with Gasteiger partial charge in [-0.3, -0.25) is 0 Å². The van der Waals surface area contributed by atoms with Gasteiger partial charge in [0.05, 0.1) is 0 Å². The van der Waals surface area contributed by atoms with Crippen LogP contribution < -0.4 is 4.90 Å². The van der Waals surface area contributed by atoms with Gasteiger partial charge in [0.1, 0.15) is 11.9 Å². The largest absolute Gasteiger partial charge is 0.475 e. The fourth-order valence-electron chi connectivity index (χ4n) is 3.03. The second-order valence-corrected chi connectivity index (χ2v) is 5.83. The Morgan fingerprint density at radius 1 is 1.35 bits per heavy atom. The molecule has 9 nitrogen and oxygen atoms in total. The van der Waals surface area contributed by atoms with Crippen LogP contribution in [0.5, 0.6) is 0 Å². The molecule has 0 amide bonds. The summed E-state index contributed by atoms with van der Waals surface area (Å²) in [6.07, 6.45) is 4.47. The van der Waals surface area contributed by atoms with Gasteiger partial charge in [0, 0.05) is 39.6 Å². The molecule has 1 atom stereocenters. The third-order valence-electron chi connectivity index (χ3n) is 4.32. The van der Waals surface area contributed by atoms with Crippen molar-refractivity contribution in [1.82, 2.24) is 24.3 Å². The van der Waals surface area contributed by atoms with Crippen LogP contribution >= 0.6 is 0 Å². The molecular weight excluding hydrogens is 300 g/mol. The summed E-state index contributed by atoms with van der Waals surface area (Å²) in [4.78, 5) is 21.2. The number of carbonyl (C=O) groups is 1. The number of hydrogen-bond acceptors (Lipinski definition) is 6. The van der Waals surface area contributed by atoms with Gasteiger partial charge in [0.15, 0.2) is 0 Å². The average Bonchev–Trinajstić information content (AvgIpc) is 3.13. The number of hydrogen-bond donors (Lipinski definition) is 2. The van der Waals surface area contributed by atoms with Crippen molar-refractivity contribution in [3.8, 4) is 0 Å². The van der Waals surface area contributed by atoms with Gasteiger partial charge in [0.25, 0.3) is 5.82 Å². The van der Waals surface area contributed by atoms with Crippen molar-refractivity contribution in [3.63, 3.8) is 0 Å². The monoisotopic (exact) mass is 320 g/mol. The molecule has 23 heavy (non-hydrogen) atoms. The summed E-state index contributed by atoms with van der Waals surface area (Å²) in [6.45, 7) is 1.38. The summed E-state index contributed by atoms with van der Waals surface area (Å²) in [5, 5.41) is 23.4. The Balaban J connectivity index is 1.67. The zero-order chi connectivity index (χ0) is 16.6. The lowest BCUT2D eigenvalue weighted by Gasteiger charge is -2.34. The van der Waals surface area contributed by atoms with Crippen molar-refractivity contribution in [2.75, 3.05) is 18.0 Å². The number of aromatic carboxylic acids is 1. The van der Waals surface area contributed by atoms with E-state index in [0.717, 1.165) is 12.8 Å². The first kappa shape index (κ1) is 15.5. The molecule has 0 spiro atoms. The molecular formula is C14H20N6O3. The number of anilines is 1. The van der Waals surface area contributed by atoms with E-state index in [0.29, 0.717) is 24.9 Å². The molecule has 0 saturated carbocycles. The summed E-state index contributed by atoms with van der Waals surface area (Å²) in [6, 6.07) is 0. The second kappa shape index (κ2) is 5.99. The molecule has 2 aromatic rings. The Hall–Kier alpha value is -2.42. The fourth-order valence-corrected chi connectivity index (χ4v) is 3.03. The van der Waals surface area contributed by atoms with Gasteiger partial charge >= 0.3 is 5.97 Å². The molecule has 0 bridgehead atoms. The van der Waals surface area contributed by atoms with Crippen LogP contribution in [0.1, 0.15) is 35.4 Å². The lowest BCUT2D eigenvalue weighted by atomic mass is 9.91. The molecule has 1 unspecified atom stereocenters. The van der Waals surface area contributed by atoms with Crippen LogP contribution in [-0.2, 0) is 14.1 Å². The molecule has 1 fully saturated rings. The molecule has 2 aromatic heterocycles. The minimum absolute atomic E-state index is 0.125. The zero-order valence-electron chi connectivity index (χ0n) is 13.1. The number of aromatic nitrogens is 5. The van der Waals surface area contributed by atoms with Crippen molar-refractivity contribution in [1.29, 1.82) is 0 Å². The molecule has 1 saturated heterocycles. The molecule has 0 aliphatic carbocycles. The van der Waals surface area contributed by atoms with Gasteiger partial charge in [0.2, 0.25) is 5.95 Å². The molecule has 124 valence electrons. The summed E-state index contributed by atoms with van der Waals surface area (Å²) in [5.74, 6) is 0.0201. The first-order valence-corrected chi connectivity index (χ1v) is 7.52. The maximum atomic E-state index is 11.0. The lowest BCUT2D eigenvalue weighted by molar-refractivity contribution is 0.0683. The Labute approximate surface area is 133 Å². The number of imidazole rings is 1. The first-order valence-electron chi connectivity index (χ1n) is 7.52. The number of rotatable bonds is 4. The highest BCUT2D eigenvalue weighted by molar-refractivity contribution is 5.83. The third-order valence-corrected chi connectivity index (χ3v) is 4.32. The van der Waals surface area contributed by atoms with Gasteiger partial charge in [-0.2, -0.15) is 4.98 Å². The normalized spacial score (nSPS) is 17.4. The van der Waals surface area contributed by atoms with Crippen molar-refractivity contribution >= 4 is 11.9 Å². The maximum Gasteiger partial charge on any atom is 0.375 e. The van der Waals surface area contributed by atoms with E-state index in [1.165, 1.54) is 4.68 Å². The summed E-state index contributed by atoms with van der Waals surface area (Å²) < 4.78 is 3.32. The van der Waals surface area contributed by atoms with Crippen LogP contribution in [0.4, 0.5) is 5.95 Å². The van der Waals surface area contributed by atoms with Crippen molar-refractivity contribution in [3.05, 3.63) is 24.0 Å². The highest BCUT2D eigenvalue weighted by Gasteiger charge is 2.30. The summed E-state index contributed by atoms with van der Waals surface area (Å²) >= 11 is 0. The van der Waals surface area contributed by atoms with Crippen LogP contribution in [0.15, 0.2) is 12.4 Å². The Kier molecular flexibility index (Phi) is 4.03. The van der Waals surface area contributed by atoms with Gasteiger partial charge in [-0.15, -0.1) is 5.10 Å². The van der Waals surface area contributed by atoms with E-state index in [4.69, 9.17) is 5.11 Å². The molecule has 3 rings (SSSR count). The third kappa shape index (κ3) is 2.91. The smallest absolute Gasteiger partial charge is 0.375 e. The lowest BCUT2D eigenvalue weighted by Crippen LogP contribution is -2.37. The highest BCUT2D eigenvalue weighted by atomic mass is 16.4. The molecule has 1 aliphatic heterocycles. The highest BCUT2D eigenvalue weighted by Crippen LogP contribution is 2.31. The number of aryl methyl sites for hydroxylation is 2. The van der Waals surface area contributed by atoms with E-state index in [9.17, 15) is 9.90 Å². The van der Waals surface area contributed by atoms with E-state index >= 15 is 0 Å². The number of carboxylic acids is 1. The predicted molar refractivity (Wildman–Crippen MR) is 81.1 cm³/mol. The van der Waals surface area contributed by atoms with Crippen LogP contribution in [-0.4, -0.2) is 53.6 Å². The van der Waals surface area contributed by atoms with E-state index in [-0.39, 0.29) is 11.7 Å². The van der Waals surface area contributed by atoms with Gasteiger partial charge < -0.3 is 19.7 Å². The van der Waals surface area contributed by atoms with Crippen molar-refractivity contribution in [2.45, 2.75) is 18.9 Å². The van der Waals surface area contributed by atoms with E-state index in [1.807, 2.05) is 22.7 Å². The van der Waals surface area contributed by atoms with E-state index < -0.39 is 12.1 Å². The van der Waals surface area contributed by atoms with Crippen molar-refractivity contribution in [2.24, 2.45) is 20.0 Å². The van der Waals surface area contributed by atoms with Gasteiger partial charge in [-0.05, 0) is 18.8 Å². The topological polar surface area (TPSA) is 109 Å². The Morgan fingerprint density at radius 2 is 2.04 bits per heavy atom. The molecule has 9 heteroatoms. The second-order valence-electron chi connectivity index (χ2n) is 5.83. The average molecular weight is 320 g/mol. The number of aliphatic hydroxyl groups excluding tert-OH is 1. The molecule has 0 aromatic carbocycles. The minimum atomic E-state index is -1.13. The predicted octanol–water partition coefficient (Wildman–Crippen LogP) is 0.197. The quantitative estimate of drug-likeness (QED) is 0.828. The minimum Gasteiger partial charge on any atom is -0.475 e. The van der Waals surface area contributed by atoms with Crippen molar-refractivity contribution < 1.29 is 15.0 Å². The first-order chi connectivity index (χ1) is 11.0. The fraction of sp³-hybridized carbons (Fsp3) is 0.571. The summed E-state index contributed by atoms with van der Waals surface area (Å²) in [5.41, 5.74) is 0.